The van der Waals surface area contributed by atoms with Gasteiger partial charge in [-0.15, -0.1) is 0 Å². The highest BCUT2D eigenvalue weighted by Gasteiger charge is 2.14. The van der Waals surface area contributed by atoms with Gasteiger partial charge in [0.25, 0.3) is 5.91 Å². The number of amides is 1. The fourth-order valence-corrected chi connectivity index (χ4v) is 2.36. The number of carbonyl (C=O) groups excluding carboxylic acids is 1. The predicted octanol–water partition coefficient (Wildman–Crippen LogP) is 4.16. The van der Waals surface area contributed by atoms with E-state index >= 15 is 0 Å². The third kappa shape index (κ3) is 5.61. The molecule has 3 nitrogen and oxygen atoms in total. The number of rotatable bonds is 7. The van der Waals surface area contributed by atoms with Crippen molar-refractivity contribution < 1.29 is 9.53 Å². The van der Waals surface area contributed by atoms with Crippen molar-refractivity contribution in [2.45, 2.75) is 32.8 Å². The van der Waals surface area contributed by atoms with Crippen LogP contribution in [-0.4, -0.2) is 18.6 Å². The van der Waals surface area contributed by atoms with Gasteiger partial charge in [0.1, 0.15) is 5.75 Å². The minimum absolute atomic E-state index is 0.0932. The number of aryl methyl sites for hydroxylation is 2. The molecule has 2 aromatic rings. The lowest BCUT2D eigenvalue weighted by atomic mass is 10.1. The average Bonchev–Trinajstić information content (AvgIpc) is 2.55. The maximum atomic E-state index is 12.1. The van der Waals surface area contributed by atoms with Crippen LogP contribution in [0.1, 0.15) is 24.5 Å². The van der Waals surface area contributed by atoms with E-state index < -0.39 is 6.10 Å². The van der Waals surface area contributed by atoms with E-state index in [9.17, 15) is 4.79 Å². The molecule has 0 radical (unpaired) electrons. The molecule has 23 heavy (non-hydrogen) atoms. The predicted molar refractivity (Wildman–Crippen MR) is 94.1 cm³/mol. The van der Waals surface area contributed by atoms with Gasteiger partial charge in [0.15, 0.2) is 6.10 Å². The molecule has 0 saturated carbocycles. The summed E-state index contributed by atoms with van der Waals surface area (Å²) in [6.45, 7) is 4.36. The molecule has 0 aliphatic carbocycles. The zero-order valence-electron chi connectivity index (χ0n) is 13.5. The number of carbonyl (C=O) groups is 1. The van der Waals surface area contributed by atoms with Gasteiger partial charge in [-0.2, -0.15) is 0 Å². The summed E-state index contributed by atoms with van der Waals surface area (Å²) in [5.41, 5.74) is 2.24. The Bertz CT molecular complexity index is 640. The zero-order chi connectivity index (χ0) is 16.7. The van der Waals surface area contributed by atoms with Crippen LogP contribution in [0.3, 0.4) is 0 Å². The summed E-state index contributed by atoms with van der Waals surface area (Å²) in [4.78, 5) is 12.1. The van der Waals surface area contributed by atoms with Gasteiger partial charge < -0.3 is 10.1 Å². The molecular weight excluding hydrogens is 310 g/mol. The van der Waals surface area contributed by atoms with Gasteiger partial charge in [0.2, 0.25) is 0 Å². The number of halogens is 1. The van der Waals surface area contributed by atoms with Gasteiger partial charge in [-0.05, 0) is 56.0 Å². The molecule has 0 spiro atoms. The zero-order valence-corrected chi connectivity index (χ0v) is 14.3. The van der Waals surface area contributed by atoms with Crippen molar-refractivity contribution in [3.63, 3.8) is 0 Å². The molecule has 0 saturated heterocycles. The van der Waals surface area contributed by atoms with Crippen LogP contribution in [0.4, 0.5) is 0 Å². The third-order valence-electron chi connectivity index (χ3n) is 3.62. The Hall–Kier alpha value is -2.00. The van der Waals surface area contributed by atoms with Crippen molar-refractivity contribution in [3.05, 3.63) is 64.7 Å². The third-order valence-corrected chi connectivity index (χ3v) is 3.87. The lowest BCUT2D eigenvalue weighted by Crippen LogP contribution is -2.37. The quantitative estimate of drug-likeness (QED) is 0.773. The SMILES string of the molecule is Cc1ccccc1O[C@H](C)C(=O)NCCCc1ccc(Cl)cc1. The Morgan fingerprint density at radius 2 is 1.87 bits per heavy atom. The maximum absolute atomic E-state index is 12.1. The first-order valence-corrected chi connectivity index (χ1v) is 8.18. The van der Waals surface area contributed by atoms with Crippen LogP contribution in [-0.2, 0) is 11.2 Å². The van der Waals surface area contributed by atoms with Crippen LogP contribution >= 0.6 is 11.6 Å². The number of para-hydroxylation sites is 1. The molecule has 0 heterocycles. The second-order valence-corrected chi connectivity index (χ2v) is 5.98. The van der Waals surface area contributed by atoms with E-state index in [2.05, 4.69) is 5.32 Å². The van der Waals surface area contributed by atoms with Gasteiger partial charge in [-0.3, -0.25) is 4.79 Å². The van der Waals surface area contributed by atoms with E-state index in [4.69, 9.17) is 16.3 Å². The van der Waals surface area contributed by atoms with E-state index in [0.29, 0.717) is 6.54 Å². The Morgan fingerprint density at radius 3 is 2.57 bits per heavy atom. The van der Waals surface area contributed by atoms with Crippen LogP contribution in [0, 0.1) is 6.92 Å². The minimum atomic E-state index is -0.508. The molecule has 0 bridgehead atoms. The summed E-state index contributed by atoms with van der Waals surface area (Å²) < 4.78 is 5.71. The highest BCUT2D eigenvalue weighted by atomic mass is 35.5. The van der Waals surface area contributed by atoms with Crippen molar-refractivity contribution in [2.75, 3.05) is 6.54 Å². The van der Waals surface area contributed by atoms with Gasteiger partial charge in [0, 0.05) is 11.6 Å². The molecule has 2 rings (SSSR count). The normalized spacial score (nSPS) is 11.8. The minimum Gasteiger partial charge on any atom is -0.481 e. The van der Waals surface area contributed by atoms with Crippen molar-refractivity contribution in [3.8, 4) is 5.75 Å². The summed E-state index contributed by atoms with van der Waals surface area (Å²) in [6.07, 6.45) is 1.28. The van der Waals surface area contributed by atoms with E-state index in [1.54, 1.807) is 6.92 Å². The van der Waals surface area contributed by atoms with Gasteiger partial charge in [0.05, 0.1) is 0 Å². The lowest BCUT2D eigenvalue weighted by Gasteiger charge is -2.16. The van der Waals surface area contributed by atoms with E-state index in [-0.39, 0.29) is 5.91 Å². The smallest absolute Gasteiger partial charge is 0.260 e. The van der Waals surface area contributed by atoms with Crippen LogP contribution in [0.5, 0.6) is 5.75 Å². The topological polar surface area (TPSA) is 38.3 Å². The fraction of sp³-hybridized carbons (Fsp3) is 0.316. The molecule has 0 fully saturated rings. The second-order valence-electron chi connectivity index (χ2n) is 5.55. The number of ether oxygens (including phenoxy) is 1. The molecule has 1 N–H and O–H groups in total. The number of benzene rings is 2. The Balaban J connectivity index is 1.72. The maximum Gasteiger partial charge on any atom is 0.260 e. The van der Waals surface area contributed by atoms with Crippen molar-refractivity contribution >= 4 is 17.5 Å². The van der Waals surface area contributed by atoms with Gasteiger partial charge >= 0.3 is 0 Å². The Kier molecular flexibility index (Phi) is 6.48. The second kappa shape index (κ2) is 8.59. The fourth-order valence-electron chi connectivity index (χ4n) is 2.23. The molecule has 0 aromatic heterocycles. The number of hydrogen-bond acceptors (Lipinski definition) is 2. The molecule has 1 atom stereocenters. The molecule has 0 aliphatic heterocycles. The van der Waals surface area contributed by atoms with Crippen molar-refractivity contribution in [1.29, 1.82) is 0 Å². The number of nitrogens with one attached hydrogen (secondary N) is 1. The first kappa shape index (κ1) is 17.4. The molecule has 2 aromatic carbocycles. The van der Waals surface area contributed by atoms with E-state index in [0.717, 1.165) is 29.2 Å². The molecule has 0 aliphatic rings. The summed E-state index contributed by atoms with van der Waals surface area (Å²) in [7, 11) is 0. The highest BCUT2D eigenvalue weighted by molar-refractivity contribution is 6.30. The Morgan fingerprint density at radius 1 is 1.17 bits per heavy atom. The van der Waals surface area contributed by atoms with Crippen molar-refractivity contribution in [2.24, 2.45) is 0 Å². The first-order valence-electron chi connectivity index (χ1n) is 7.80. The van der Waals surface area contributed by atoms with Crippen molar-refractivity contribution in [1.82, 2.24) is 5.32 Å². The summed E-state index contributed by atoms with van der Waals surface area (Å²) >= 11 is 5.86. The summed E-state index contributed by atoms with van der Waals surface area (Å²) in [5, 5.41) is 3.65. The number of hydrogen-bond donors (Lipinski definition) is 1. The molecule has 1 amide bonds. The van der Waals surface area contributed by atoms with Gasteiger partial charge in [-0.1, -0.05) is 41.9 Å². The molecule has 122 valence electrons. The van der Waals surface area contributed by atoms with Crippen LogP contribution in [0.2, 0.25) is 5.02 Å². The highest BCUT2D eigenvalue weighted by Crippen LogP contribution is 2.17. The Labute approximate surface area is 142 Å². The first-order chi connectivity index (χ1) is 11.1. The standard InChI is InChI=1S/C19H22ClNO2/c1-14-6-3-4-8-18(14)23-15(2)19(22)21-13-5-7-16-9-11-17(20)12-10-16/h3-4,6,8-12,15H,5,7,13H2,1-2H3,(H,21,22)/t15-/m1/s1. The molecule has 0 unspecified atom stereocenters. The monoisotopic (exact) mass is 331 g/mol. The van der Waals surface area contributed by atoms with Gasteiger partial charge in [-0.25, -0.2) is 0 Å². The van der Waals surface area contributed by atoms with E-state index in [1.165, 1.54) is 5.56 Å². The largest absolute Gasteiger partial charge is 0.481 e. The average molecular weight is 332 g/mol. The molecule has 4 heteroatoms. The summed E-state index contributed by atoms with van der Waals surface area (Å²) in [5.74, 6) is 0.653. The lowest BCUT2D eigenvalue weighted by molar-refractivity contribution is -0.127. The summed E-state index contributed by atoms with van der Waals surface area (Å²) in [6, 6.07) is 15.5. The van der Waals surface area contributed by atoms with E-state index in [1.807, 2.05) is 55.5 Å². The van der Waals surface area contributed by atoms with Crippen LogP contribution in [0.15, 0.2) is 48.5 Å². The van der Waals surface area contributed by atoms with Crippen LogP contribution < -0.4 is 10.1 Å². The molecular formula is C19H22ClNO2. The van der Waals surface area contributed by atoms with Crippen LogP contribution in [0.25, 0.3) is 0 Å².